The molecule has 0 radical (unpaired) electrons. The number of para-hydroxylation sites is 1. The van der Waals surface area contributed by atoms with E-state index in [0.29, 0.717) is 24.5 Å². The highest BCUT2D eigenvalue weighted by molar-refractivity contribution is 5.78. The second-order valence-electron chi connectivity index (χ2n) is 6.78. The third-order valence-corrected chi connectivity index (χ3v) is 4.74. The molecule has 1 unspecified atom stereocenters. The molecule has 3 aromatic rings. The van der Waals surface area contributed by atoms with Crippen LogP contribution >= 0.6 is 0 Å². The van der Waals surface area contributed by atoms with E-state index in [-0.39, 0.29) is 31.4 Å². The van der Waals surface area contributed by atoms with Gasteiger partial charge in [-0.1, -0.05) is 53.7 Å². The Hall–Kier alpha value is -3.22. The number of aromatic nitrogens is 2. The lowest BCUT2D eigenvalue weighted by atomic mass is 9.94. The summed E-state index contributed by atoms with van der Waals surface area (Å²) in [5, 5.41) is 3.90. The van der Waals surface area contributed by atoms with Gasteiger partial charge in [-0.25, -0.2) is 4.39 Å². The van der Waals surface area contributed by atoms with Crippen LogP contribution < -0.4 is 4.74 Å². The Morgan fingerprint density at radius 3 is 2.61 bits per heavy atom. The summed E-state index contributed by atoms with van der Waals surface area (Å²) >= 11 is 0. The Balaban J connectivity index is 1.44. The number of piperidine rings is 1. The predicted molar refractivity (Wildman–Crippen MR) is 100 cm³/mol. The van der Waals surface area contributed by atoms with Crippen LogP contribution in [0.3, 0.4) is 0 Å². The topological polar surface area (TPSA) is 68.5 Å². The number of hydrogen-bond acceptors (Lipinski definition) is 5. The number of hydrogen-bond donors (Lipinski definition) is 0. The molecule has 1 amide bonds. The smallest absolute Gasteiger partial charge is 0.266 e. The van der Waals surface area contributed by atoms with Gasteiger partial charge >= 0.3 is 0 Å². The summed E-state index contributed by atoms with van der Waals surface area (Å²) < 4.78 is 26.3. The first-order valence-corrected chi connectivity index (χ1v) is 9.18. The second kappa shape index (κ2) is 7.80. The van der Waals surface area contributed by atoms with Gasteiger partial charge in [0.2, 0.25) is 11.5 Å². The minimum absolute atomic E-state index is 0.0900. The van der Waals surface area contributed by atoms with Crippen LogP contribution in [0.4, 0.5) is 4.39 Å². The summed E-state index contributed by atoms with van der Waals surface area (Å²) in [6.45, 7) is 0.210. The number of carbonyl (C=O) groups excluding carboxylic acids is 1. The molecule has 1 fully saturated rings. The molecule has 1 aromatic heterocycles. The summed E-state index contributed by atoms with van der Waals surface area (Å²) in [5.74, 6) is 0.577. The molecule has 0 spiro atoms. The first kappa shape index (κ1) is 18.2. The van der Waals surface area contributed by atoms with Gasteiger partial charge < -0.3 is 14.2 Å². The van der Waals surface area contributed by atoms with E-state index >= 15 is 4.39 Å². The number of benzene rings is 2. The van der Waals surface area contributed by atoms with E-state index in [9.17, 15) is 4.79 Å². The predicted octanol–water partition coefficient (Wildman–Crippen LogP) is 3.60. The summed E-state index contributed by atoms with van der Waals surface area (Å²) in [4.78, 5) is 18.2. The number of rotatable bonds is 5. The van der Waals surface area contributed by atoms with Gasteiger partial charge in [0.05, 0.1) is 6.54 Å². The highest BCUT2D eigenvalue weighted by Crippen LogP contribution is 2.35. The molecule has 0 aliphatic carbocycles. The van der Waals surface area contributed by atoms with E-state index in [2.05, 4.69) is 10.1 Å². The van der Waals surface area contributed by atoms with E-state index in [0.717, 1.165) is 5.56 Å². The van der Waals surface area contributed by atoms with Gasteiger partial charge in [-0.3, -0.25) is 4.79 Å². The first-order valence-electron chi connectivity index (χ1n) is 9.18. The normalized spacial score (nSPS) is 19.4. The summed E-state index contributed by atoms with van der Waals surface area (Å²) in [7, 11) is 0. The van der Waals surface area contributed by atoms with Crippen molar-refractivity contribution >= 4 is 5.91 Å². The van der Waals surface area contributed by atoms with E-state index < -0.39 is 5.67 Å². The maximum Gasteiger partial charge on any atom is 0.266 e. The molecule has 6 nitrogen and oxygen atoms in total. The molecule has 4 rings (SSSR count). The van der Waals surface area contributed by atoms with Crippen LogP contribution in [0, 0.1) is 0 Å². The Labute approximate surface area is 161 Å². The Morgan fingerprint density at radius 1 is 1.14 bits per heavy atom. The van der Waals surface area contributed by atoms with Gasteiger partial charge in [0, 0.05) is 12.1 Å². The van der Waals surface area contributed by atoms with Crippen molar-refractivity contribution in [3.63, 3.8) is 0 Å². The zero-order valence-electron chi connectivity index (χ0n) is 15.3. The number of nitrogens with zero attached hydrogens (tertiary/aromatic N) is 3. The van der Waals surface area contributed by atoms with Crippen LogP contribution in [-0.4, -0.2) is 40.6 Å². The summed E-state index contributed by atoms with van der Waals surface area (Å²) in [5.41, 5.74) is -1.11. The molecule has 0 saturated carbocycles. The van der Waals surface area contributed by atoms with Crippen molar-refractivity contribution in [1.82, 2.24) is 15.0 Å². The Kier molecular flexibility index (Phi) is 5.06. The second-order valence-corrected chi connectivity index (χ2v) is 6.78. The highest BCUT2D eigenvalue weighted by Gasteiger charge is 2.43. The quantitative estimate of drug-likeness (QED) is 0.675. The van der Waals surface area contributed by atoms with Crippen LogP contribution in [0.25, 0.3) is 11.4 Å². The van der Waals surface area contributed by atoms with E-state index in [4.69, 9.17) is 9.26 Å². The number of alkyl halides is 1. The number of carbonyl (C=O) groups is 1. The molecule has 0 bridgehead atoms. The monoisotopic (exact) mass is 381 g/mol. The number of ether oxygens (including phenoxy) is 1. The molecular formula is C21H20FN3O3. The molecule has 2 heterocycles. The Bertz CT molecular complexity index is 932. The standard InChI is InChI=1S/C21H20FN3O3/c22-21(20-23-19(24-28-20)16-8-3-1-4-9-16)12-7-13-25(15-21)18(26)14-27-17-10-5-2-6-11-17/h1-6,8-11H,7,12-15H2. The fourth-order valence-corrected chi connectivity index (χ4v) is 3.26. The van der Waals surface area contributed by atoms with Crippen molar-refractivity contribution in [2.75, 3.05) is 19.7 Å². The van der Waals surface area contributed by atoms with E-state index in [1.54, 1.807) is 12.1 Å². The lowest BCUT2D eigenvalue weighted by Crippen LogP contribution is -2.48. The van der Waals surface area contributed by atoms with Gasteiger partial charge in [-0.15, -0.1) is 0 Å². The van der Waals surface area contributed by atoms with Crippen molar-refractivity contribution in [1.29, 1.82) is 0 Å². The fourth-order valence-electron chi connectivity index (χ4n) is 3.26. The zero-order valence-corrected chi connectivity index (χ0v) is 15.3. The summed E-state index contributed by atoms with van der Waals surface area (Å²) in [6, 6.07) is 18.3. The minimum atomic E-state index is -1.86. The van der Waals surface area contributed by atoms with Gasteiger partial charge in [0.1, 0.15) is 5.75 Å². The van der Waals surface area contributed by atoms with Gasteiger partial charge in [0.15, 0.2) is 6.61 Å². The summed E-state index contributed by atoms with van der Waals surface area (Å²) in [6.07, 6.45) is 0.739. The number of likely N-dealkylation sites (tertiary alicyclic amines) is 1. The van der Waals surface area contributed by atoms with Crippen LogP contribution in [0.15, 0.2) is 65.2 Å². The SMILES string of the molecule is O=C(COc1ccccc1)N1CCCC(F)(c2nc(-c3ccccc3)no2)C1. The minimum Gasteiger partial charge on any atom is -0.484 e. The molecule has 0 N–H and O–H groups in total. The molecule has 2 aromatic carbocycles. The third-order valence-electron chi connectivity index (χ3n) is 4.74. The van der Waals surface area contributed by atoms with Crippen LogP contribution in [0.1, 0.15) is 18.7 Å². The van der Waals surface area contributed by atoms with E-state index in [1.165, 1.54) is 4.90 Å². The van der Waals surface area contributed by atoms with Crippen molar-refractivity contribution in [3.8, 4) is 17.1 Å². The fraction of sp³-hybridized carbons (Fsp3) is 0.286. The van der Waals surface area contributed by atoms with Crippen molar-refractivity contribution in [2.24, 2.45) is 0 Å². The maximum atomic E-state index is 15.6. The molecule has 1 aliphatic rings. The van der Waals surface area contributed by atoms with Crippen molar-refractivity contribution < 1.29 is 18.4 Å². The van der Waals surface area contributed by atoms with Crippen molar-refractivity contribution in [2.45, 2.75) is 18.5 Å². The molecule has 1 aliphatic heterocycles. The molecule has 7 heteroatoms. The van der Waals surface area contributed by atoms with Crippen molar-refractivity contribution in [3.05, 3.63) is 66.6 Å². The first-order chi connectivity index (χ1) is 13.6. The molecule has 144 valence electrons. The lowest BCUT2D eigenvalue weighted by molar-refractivity contribution is -0.138. The molecular weight excluding hydrogens is 361 g/mol. The lowest BCUT2D eigenvalue weighted by Gasteiger charge is -2.35. The van der Waals surface area contributed by atoms with Crippen LogP contribution in [0.2, 0.25) is 0 Å². The van der Waals surface area contributed by atoms with Crippen LogP contribution in [0.5, 0.6) is 5.75 Å². The van der Waals surface area contributed by atoms with Gasteiger partial charge in [0.25, 0.3) is 11.8 Å². The van der Waals surface area contributed by atoms with Gasteiger partial charge in [-0.2, -0.15) is 4.98 Å². The number of halogens is 1. The molecule has 1 saturated heterocycles. The zero-order chi connectivity index (χ0) is 19.4. The van der Waals surface area contributed by atoms with Gasteiger partial charge in [-0.05, 0) is 25.0 Å². The Morgan fingerprint density at radius 2 is 1.86 bits per heavy atom. The third kappa shape index (κ3) is 3.88. The molecule has 28 heavy (non-hydrogen) atoms. The average molecular weight is 381 g/mol. The van der Waals surface area contributed by atoms with E-state index in [1.807, 2.05) is 48.5 Å². The average Bonchev–Trinajstić information content (AvgIpc) is 3.25. The highest BCUT2D eigenvalue weighted by atomic mass is 19.1. The maximum absolute atomic E-state index is 15.6. The number of amides is 1. The molecule has 1 atom stereocenters. The van der Waals surface area contributed by atoms with Crippen LogP contribution in [-0.2, 0) is 10.5 Å². The largest absolute Gasteiger partial charge is 0.484 e.